The lowest BCUT2D eigenvalue weighted by atomic mass is 9.95. The summed E-state index contributed by atoms with van der Waals surface area (Å²) in [5, 5.41) is 0. The number of ketones is 1. The molecule has 4 heteroatoms. The molecule has 15 heavy (non-hydrogen) atoms. The van der Waals surface area contributed by atoms with Crippen LogP contribution >= 0.6 is 0 Å². The summed E-state index contributed by atoms with van der Waals surface area (Å²) in [5.41, 5.74) is 0.113. The average Bonchev–Trinajstić information content (AvgIpc) is 2.18. The second kappa shape index (κ2) is 4.47. The van der Waals surface area contributed by atoms with Crippen LogP contribution in [0.25, 0.3) is 0 Å². The van der Waals surface area contributed by atoms with Crippen molar-refractivity contribution in [1.82, 2.24) is 0 Å². The highest BCUT2D eigenvalue weighted by Gasteiger charge is 2.43. The Bertz CT molecular complexity index is 329. The third-order valence-electron chi connectivity index (χ3n) is 2.18. The SMILES string of the molecule is CCC(C(=O)c1ccccc1)C(F)(F)F. The van der Waals surface area contributed by atoms with Crippen molar-refractivity contribution in [2.45, 2.75) is 19.5 Å². The van der Waals surface area contributed by atoms with Gasteiger partial charge in [-0.3, -0.25) is 4.79 Å². The van der Waals surface area contributed by atoms with Crippen molar-refractivity contribution in [2.24, 2.45) is 5.92 Å². The molecule has 1 rings (SSSR count). The normalized spacial score (nSPS) is 13.6. The van der Waals surface area contributed by atoms with Gasteiger partial charge < -0.3 is 0 Å². The monoisotopic (exact) mass is 216 g/mol. The predicted molar refractivity (Wildman–Crippen MR) is 50.6 cm³/mol. The summed E-state index contributed by atoms with van der Waals surface area (Å²) < 4.78 is 37.3. The van der Waals surface area contributed by atoms with E-state index < -0.39 is 17.9 Å². The standard InChI is InChI=1S/C11H11F3O/c1-2-9(11(12,13)14)10(15)8-6-4-3-5-7-8/h3-7,9H,2H2,1H3. The first kappa shape index (κ1) is 11.8. The number of carbonyl (C=O) groups excluding carboxylic acids is 1. The van der Waals surface area contributed by atoms with E-state index >= 15 is 0 Å². The van der Waals surface area contributed by atoms with Gasteiger partial charge in [0.25, 0.3) is 0 Å². The summed E-state index contributed by atoms with van der Waals surface area (Å²) in [6, 6.07) is 7.56. The Kier molecular flexibility index (Phi) is 3.50. The molecule has 0 fully saturated rings. The minimum Gasteiger partial charge on any atom is -0.294 e. The fraction of sp³-hybridized carbons (Fsp3) is 0.364. The van der Waals surface area contributed by atoms with Crippen LogP contribution in [0.1, 0.15) is 23.7 Å². The first-order valence-corrected chi connectivity index (χ1v) is 4.62. The average molecular weight is 216 g/mol. The molecule has 0 spiro atoms. The van der Waals surface area contributed by atoms with E-state index in [1.807, 2.05) is 0 Å². The Balaban J connectivity index is 2.93. The van der Waals surface area contributed by atoms with E-state index in [4.69, 9.17) is 0 Å². The van der Waals surface area contributed by atoms with Gasteiger partial charge in [-0.2, -0.15) is 13.2 Å². The van der Waals surface area contributed by atoms with Gasteiger partial charge in [-0.05, 0) is 6.42 Å². The summed E-state index contributed by atoms with van der Waals surface area (Å²) in [6.45, 7) is 1.36. The van der Waals surface area contributed by atoms with Gasteiger partial charge in [0.2, 0.25) is 0 Å². The first-order chi connectivity index (χ1) is 6.96. The molecule has 0 heterocycles. The molecule has 0 aromatic heterocycles. The maximum Gasteiger partial charge on any atom is 0.398 e. The van der Waals surface area contributed by atoms with Crippen LogP contribution in [0.3, 0.4) is 0 Å². The maximum absolute atomic E-state index is 12.4. The van der Waals surface area contributed by atoms with Crippen molar-refractivity contribution >= 4 is 5.78 Å². The first-order valence-electron chi connectivity index (χ1n) is 4.62. The van der Waals surface area contributed by atoms with Crippen molar-refractivity contribution in [3.8, 4) is 0 Å². The highest BCUT2D eigenvalue weighted by Crippen LogP contribution is 2.31. The van der Waals surface area contributed by atoms with Crippen LogP contribution in [-0.4, -0.2) is 12.0 Å². The molecule has 1 nitrogen and oxygen atoms in total. The topological polar surface area (TPSA) is 17.1 Å². The second-order valence-electron chi connectivity index (χ2n) is 3.23. The highest BCUT2D eigenvalue weighted by molar-refractivity contribution is 5.98. The predicted octanol–water partition coefficient (Wildman–Crippen LogP) is 3.46. The van der Waals surface area contributed by atoms with Crippen LogP contribution in [0.4, 0.5) is 13.2 Å². The minimum atomic E-state index is -4.46. The van der Waals surface area contributed by atoms with Crippen molar-refractivity contribution in [1.29, 1.82) is 0 Å². The zero-order valence-electron chi connectivity index (χ0n) is 8.21. The Morgan fingerprint density at radius 2 is 1.80 bits per heavy atom. The third kappa shape index (κ3) is 2.81. The maximum atomic E-state index is 12.4. The lowest BCUT2D eigenvalue weighted by Crippen LogP contribution is -2.30. The zero-order chi connectivity index (χ0) is 11.5. The summed E-state index contributed by atoms with van der Waals surface area (Å²) in [6.07, 6.45) is -4.68. The molecule has 0 aliphatic carbocycles. The van der Waals surface area contributed by atoms with Crippen molar-refractivity contribution in [3.05, 3.63) is 35.9 Å². The zero-order valence-corrected chi connectivity index (χ0v) is 8.21. The molecule has 82 valence electrons. The van der Waals surface area contributed by atoms with E-state index in [1.165, 1.54) is 19.1 Å². The smallest absolute Gasteiger partial charge is 0.294 e. The lowest BCUT2D eigenvalue weighted by molar-refractivity contribution is -0.161. The van der Waals surface area contributed by atoms with Gasteiger partial charge in [-0.15, -0.1) is 0 Å². The fourth-order valence-electron chi connectivity index (χ4n) is 1.37. The molecule has 1 aromatic rings. The largest absolute Gasteiger partial charge is 0.398 e. The summed E-state index contributed by atoms with van der Waals surface area (Å²) in [5.74, 6) is -2.74. The quantitative estimate of drug-likeness (QED) is 0.707. The van der Waals surface area contributed by atoms with Crippen LogP contribution < -0.4 is 0 Å². The molecule has 1 unspecified atom stereocenters. The molecule has 0 saturated heterocycles. The number of hydrogen-bond acceptors (Lipinski definition) is 1. The van der Waals surface area contributed by atoms with Crippen LogP contribution in [0.2, 0.25) is 0 Å². The molecule has 0 radical (unpaired) electrons. The molecule has 0 N–H and O–H groups in total. The number of rotatable bonds is 3. The molecule has 0 saturated carbocycles. The number of halogens is 3. The Labute approximate surface area is 85.9 Å². The lowest BCUT2D eigenvalue weighted by Gasteiger charge is -2.17. The van der Waals surface area contributed by atoms with Gasteiger partial charge in [0.15, 0.2) is 5.78 Å². The molecule has 0 amide bonds. The minimum absolute atomic E-state index is 0.113. The van der Waals surface area contributed by atoms with Gasteiger partial charge in [-0.1, -0.05) is 37.3 Å². The molecule has 0 bridgehead atoms. The van der Waals surface area contributed by atoms with E-state index in [9.17, 15) is 18.0 Å². The highest BCUT2D eigenvalue weighted by atomic mass is 19.4. The van der Waals surface area contributed by atoms with Crippen LogP contribution in [0, 0.1) is 5.92 Å². The van der Waals surface area contributed by atoms with E-state index in [2.05, 4.69) is 0 Å². The number of Topliss-reactive ketones (excluding diaryl/α,β-unsaturated/α-hetero) is 1. The fourth-order valence-corrected chi connectivity index (χ4v) is 1.37. The Morgan fingerprint density at radius 3 is 2.20 bits per heavy atom. The Hall–Kier alpha value is -1.32. The van der Waals surface area contributed by atoms with Crippen molar-refractivity contribution < 1.29 is 18.0 Å². The van der Waals surface area contributed by atoms with E-state index in [1.54, 1.807) is 18.2 Å². The molecule has 1 atom stereocenters. The molecular weight excluding hydrogens is 205 g/mol. The number of benzene rings is 1. The second-order valence-corrected chi connectivity index (χ2v) is 3.23. The van der Waals surface area contributed by atoms with Gasteiger partial charge in [0.05, 0.1) is 0 Å². The van der Waals surface area contributed by atoms with Gasteiger partial charge in [0, 0.05) is 5.56 Å². The van der Waals surface area contributed by atoms with Gasteiger partial charge in [-0.25, -0.2) is 0 Å². The van der Waals surface area contributed by atoms with Gasteiger partial charge >= 0.3 is 6.18 Å². The third-order valence-corrected chi connectivity index (χ3v) is 2.18. The summed E-state index contributed by atoms with van der Waals surface area (Å²) in [4.78, 5) is 11.5. The number of carbonyl (C=O) groups is 1. The van der Waals surface area contributed by atoms with Crippen LogP contribution in [0.5, 0.6) is 0 Å². The van der Waals surface area contributed by atoms with Crippen molar-refractivity contribution in [3.63, 3.8) is 0 Å². The van der Waals surface area contributed by atoms with Crippen molar-refractivity contribution in [2.75, 3.05) is 0 Å². The molecule has 0 aliphatic rings. The molecular formula is C11H11F3O. The van der Waals surface area contributed by atoms with Crippen LogP contribution in [0.15, 0.2) is 30.3 Å². The van der Waals surface area contributed by atoms with Crippen LogP contribution in [-0.2, 0) is 0 Å². The molecule has 1 aromatic carbocycles. The van der Waals surface area contributed by atoms with E-state index in [0.717, 1.165) is 0 Å². The number of alkyl halides is 3. The number of hydrogen-bond donors (Lipinski definition) is 0. The summed E-state index contributed by atoms with van der Waals surface area (Å²) in [7, 11) is 0. The molecule has 0 aliphatic heterocycles. The van der Waals surface area contributed by atoms with E-state index in [0.29, 0.717) is 0 Å². The van der Waals surface area contributed by atoms with Gasteiger partial charge in [0.1, 0.15) is 5.92 Å². The Morgan fingerprint density at radius 1 is 1.27 bits per heavy atom. The van der Waals surface area contributed by atoms with E-state index in [-0.39, 0.29) is 12.0 Å². The summed E-state index contributed by atoms with van der Waals surface area (Å²) >= 11 is 0.